The molecule has 126 valence electrons. The van der Waals surface area contributed by atoms with Crippen LogP contribution in [0, 0.1) is 0 Å². The lowest BCUT2D eigenvalue weighted by Gasteiger charge is -2.23. The highest BCUT2D eigenvalue weighted by molar-refractivity contribution is 6.31. The molecule has 0 aliphatic heterocycles. The summed E-state index contributed by atoms with van der Waals surface area (Å²) >= 11 is 6.02. The number of rotatable bonds is 6. The summed E-state index contributed by atoms with van der Waals surface area (Å²) < 4.78 is 5.28. The molecule has 0 bridgehead atoms. The fraction of sp³-hybridized carbons (Fsp3) is 0.222. The number of halogens is 1. The van der Waals surface area contributed by atoms with Crippen molar-refractivity contribution in [2.24, 2.45) is 0 Å². The second-order valence-corrected chi connectivity index (χ2v) is 5.59. The van der Waals surface area contributed by atoms with Crippen LogP contribution in [0.5, 0.6) is 5.75 Å². The fourth-order valence-corrected chi connectivity index (χ4v) is 2.45. The quantitative estimate of drug-likeness (QED) is 0.867. The average molecular weight is 347 g/mol. The second-order valence-electron chi connectivity index (χ2n) is 5.15. The molecule has 0 aliphatic carbocycles. The summed E-state index contributed by atoms with van der Waals surface area (Å²) in [4.78, 5) is 25.6. The average Bonchev–Trinajstić information content (AvgIpc) is 2.56. The topological polar surface area (TPSA) is 58.6 Å². The summed E-state index contributed by atoms with van der Waals surface area (Å²) in [5.74, 6) is 0.162. The maximum atomic E-state index is 12.1. The van der Waals surface area contributed by atoms with Crippen LogP contribution in [0.4, 0.5) is 11.4 Å². The standard InChI is InChI=1S/C18H19ClN2O3/c1-13(22)21(16-12-14(19)8-9-17(16)24-2)11-10-18(23)20-15-6-4-3-5-7-15/h3-9,12H,10-11H2,1-2H3,(H,20,23). The van der Waals surface area contributed by atoms with E-state index in [2.05, 4.69) is 5.32 Å². The molecule has 5 nitrogen and oxygen atoms in total. The van der Waals surface area contributed by atoms with Crippen LogP contribution in [0.2, 0.25) is 5.02 Å². The molecule has 2 aromatic rings. The van der Waals surface area contributed by atoms with E-state index in [-0.39, 0.29) is 24.8 Å². The van der Waals surface area contributed by atoms with Gasteiger partial charge in [0.05, 0.1) is 12.8 Å². The largest absolute Gasteiger partial charge is 0.495 e. The first-order valence-electron chi connectivity index (χ1n) is 7.48. The Morgan fingerprint density at radius 1 is 1.17 bits per heavy atom. The molecule has 1 N–H and O–H groups in total. The zero-order valence-electron chi connectivity index (χ0n) is 13.6. The van der Waals surface area contributed by atoms with E-state index in [4.69, 9.17) is 16.3 Å². The lowest BCUT2D eigenvalue weighted by molar-refractivity contribution is -0.117. The Balaban J connectivity index is 2.08. The SMILES string of the molecule is COc1ccc(Cl)cc1N(CCC(=O)Nc1ccccc1)C(C)=O. The number of hydrogen-bond donors (Lipinski definition) is 1. The van der Waals surface area contributed by atoms with Gasteiger partial charge in [0.15, 0.2) is 0 Å². The number of para-hydroxylation sites is 1. The van der Waals surface area contributed by atoms with Gasteiger partial charge in [0.25, 0.3) is 0 Å². The van der Waals surface area contributed by atoms with Gasteiger partial charge in [0.1, 0.15) is 5.75 Å². The van der Waals surface area contributed by atoms with Crippen molar-refractivity contribution in [2.45, 2.75) is 13.3 Å². The van der Waals surface area contributed by atoms with Crippen LogP contribution < -0.4 is 15.0 Å². The van der Waals surface area contributed by atoms with Crippen molar-refractivity contribution >= 4 is 34.8 Å². The molecular formula is C18H19ClN2O3. The Labute approximate surface area is 146 Å². The van der Waals surface area contributed by atoms with Gasteiger partial charge in [0, 0.05) is 30.6 Å². The van der Waals surface area contributed by atoms with Crippen molar-refractivity contribution < 1.29 is 14.3 Å². The van der Waals surface area contributed by atoms with E-state index in [9.17, 15) is 9.59 Å². The zero-order chi connectivity index (χ0) is 17.5. The van der Waals surface area contributed by atoms with Gasteiger partial charge in [-0.3, -0.25) is 9.59 Å². The monoisotopic (exact) mass is 346 g/mol. The molecule has 6 heteroatoms. The molecule has 0 saturated carbocycles. The van der Waals surface area contributed by atoms with Gasteiger partial charge in [-0.1, -0.05) is 29.8 Å². The summed E-state index contributed by atoms with van der Waals surface area (Å²) in [5, 5.41) is 3.28. The van der Waals surface area contributed by atoms with E-state index in [1.54, 1.807) is 30.3 Å². The first kappa shape index (κ1) is 17.8. The molecule has 0 unspecified atom stereocenters. The summed E-state index contributed by atoms with van der Waals surface area (Å²) in [6.45, 7) is 1.67. The molecule has 0 heterocycles. The Morgan fingerprint density at radius 3 is 2.50 bits per heavy atom. The lowest BCUT2D eigenvalue weighted by Crippen LogP contribution is -2.32. The van der Waals surface area contributed by atoms with Gasteiger partial charge in [-0.25, -0.2) is 0 Å². The van der Waals surface area contributed by atoms with Gasteiger partial charge in [-0.05, 0) is 30.3 Å². The molecule has 0 aromatic heterocycles. The molecule has 0 spiro atoms. The van der Waals surface area contributed by atoms with Crippen LogP contribution in [0.1, 0.15) is 13.3 Å². The number of anilines is 2. The number of amides is 2. The highest BCUT2D eigenvalue weighted by Crippen LogP contribution is 2.31. The molecule has 24 heavy (non-hydrogen) atoms. The van der Waals surface area contributed by atoms with E-state index in [0.717, 1.165) is 5.69 Å². The van der Waals surface area contributed by atoms with Crippen LogP contribution in [0.3, 0.4) is 0 Å². The van der Waals surface area contributed by atoms with Crippen molar-refractivity contribution in [3.8, 4) is 5.75 Å². The van der Waals surface area contributed by atoms with Crippen molar-refractivity contribution in [3.05, 3.63) is 53.6 Å². The first-order valence-corrected chi connectivity index (χ1v) is 7.85. The summed E-state index contributed by atoms with van der Waals surface area (Å²) in [6.07, 6.45) is 0.157. The summed E-state index contributed by atoms with van der Waals surface area (Å²) in [6, 6.07) is 14.2. The fourth-order valence-electron chi connectivity index (χ4n) is 2.28. The van der Waals surface area contributed by atoms with E-state index in [1.807, 2.05) is 18.2 Å². The normalized spacial score (nSPS) is 10.1. The minimum atomic E-state index is -0.192. The number of methoxy groups -OCH3 is 1. The van der Waals surface area contributed by atoms with Crippen molar-refractivity contribution in [1.82, 2.24) is 0 Å². The third kappa shape index (κ3) is 4.73. The van der Waals surface area contributed by atoms with Crippen molar-refractivity contribution in [2.75, 3.05) is 23.9 Å². The van der Waals surface area contributed by atoms with Gasteiger partial charge < -0.3 is 15.0 Å². The number of nitrogens with one attached hydrogen (secondary N) is 1. The Morgan fingerprint density at radius 2 is 1.88 bits per heavy atom. The van der Waals surface area contributed by atoms with E-state index in [1.165, 1.54) is 18.9 Å². The molecule has 2 rings (SSSR count). The highest BCUT2D eigenvalue weighted by atomic mass is 35.5. The maximum Gasteiger partial charge on any atom is 0.226 e. The van der Waals surface area contributed by atoms with Crippen LogP contribution >= 0.6 is 11.6 Å². The Kier molecular flexibility index (Phi) is 6.21. The van der Waals surface area contributed by atoms with E-state index in [0.29, 0.717) is 16.5 Å². The number of ether oxygens (including phenoxy) is 1. The molecule has 0 aliphatic rings. The summed E-state index contributed by atoms with van der Waals surface area (Å²) in [7, 11) is 1.52. The molecule has 2 aromatic carbocycles. The number of benzene rings is 2. The summed E-state index contributed by atoms with van der Waals surface area (Å²) in [5.41, 5.74) is 1.27. The van der Waals surface area contributed by atoms with Crippen LogP contribution in [0.25, 0.3) is 0 Å². The van der Waals surface area contributed by atoms with Gasteiger partial charge >= 0.3 is 0 Å². The first-order chi connectivity index (χ1) is 11.5. The highest BCUT2D eigenvalue weighted by Gasteiger charge is 2.18. The van der Waals surface area contributed by atoms with Crippen LogP contribution in [-0.4, -0.2) is 25.5 Å². The lowest BCUT2D eigenvalue weighted by atomic mass is 10.2. The second kappa shape index (κ2) is 8.36. The third-order valence-corrected chi connectivity index (χ3v) is 3.67. The van der Waals surface area contributed by atoms with Crippen molar-refractivity contribution in [3.63, 3.8) is 0 Å². The van der Waals surface area contributed by atoms with Crippen LogP contribution in [0.15, 0.2) is 48.5 Å². The third-order valence-electron chi connectivity index (χ3n) is 3.43. The number of nitrogens with zero attached hydrogens (tertiary/aromatic N) is 1. The predicted octanol–water partition coefficient (Wildman–Crippen LogP) is 3.73. The molecule has 0 saturated heterocycles. The molecule has 0 radical (unpaired) electrons. The maximum absolute atomic E-state index is 12.1. The van der Waals surface area contributed by atoms with Gasteiger partial charge in [-0.2, -0.15) is 0 Å². The number of carbonyl (C=O) groups is 2. The zero-order valence-corrected chi connectivity index (χ0v) is 14.3. The smallest absolute Gasteiger partial charge is 0.226 e. The van der Waals surface area contributed by atoms with Crippen LogP contribution in [-0.2, 0) is 9.59 Å². The predicted molar refractivity (Wildman–Crippen MR) is 95.7 cm³/mol. The molecule has 0 atom stereocenters. The van der Waals surface area contributed by atoms with Crippen molar-refractivity contribution in [1.29, 1.82) is 0 Å². The number of carbonyl (C=O) groups excluding carboxylic acids is 2. The van der Waals surface area contributed by atoms with E-state index >= 15 is 0 Å². The molecule has 2 amide bonds. The molecule has 0 fully saturated rings. The minimum Gasteiger partial charge on any atom is -0.495 e. The number of hydrogen-bond acceptors (Lipinski definition) is 3. The van der Waals surface area contributed by atoms with Gasteiger partial charge in [0.2, 0.25) is 11.8 Å². The Hall–Kier alpha value is -2.53. The minimum absolute atomic E-state index is 0.157. The molecular weight excluding hydrogens is 328 g/mol. The Bertz CT molecular complexity index is 719. The van der Waals surface area contributed by atoms with Gasteiger partial charge in [-0.15, -0.1) is 0 Å². The van der Waals surface area contributed by atoms with E-state index < -0.39 is 0 Å².